The van der Waals surface area contributed by atoms with Crippen LogP contribution in [0.15, 0.2) is 59.0 Å². The lowest BCUT2D eigenvalue weighted by molar-refractivity contribution is -0.112. The molecule has 0 saturated heterocycles. The summed E-state index contributed by atoms with van der Waals surface area (Å²) in [6, 6.07) is 14.2. The maximum absolute atomic E-state index is 12.3. The Kier molecular flexibility index (Phi) is 6.11. The van der Waals surface area contributed by atoms with Crippen LogP contribution in [0.4, 0.5) is 5.69 Å². The van der Waals surface area contributed by atoms with Gasteiger partial charge in [0.15, 0.2) is 0 Å². The van der Waals surface area contributed by atoms with Crippen molar-refractivity contribution in [1.29, 1.82) is 5.26 Å². The van der Waals surface area contributed by atoms with Gasteiger partial charge in [0, 0.05) is 11.3 Å². The zero-order chi connectivity index (χ0) is 19.2. The van der Waals surface area contributed by atoms with E-state index in [0.717, 1.165) is 0 Å². The Balaban J connectivity index is 2.23. The fourth-order valence-corrected chi connectivity index (χ4v) is 2.63. The Labute approximate surface area is 151 Å². The highest BCUT2D eigenvalue weighted by molar-refractivity contribution is 7.89. The van der Waals surface area contributed by atoms with Crippen molar-refractivity contribution in [3.63, 3.8) is 0 Å². The predicted octanol–water partition coefficient (Wildman–Crippen LogP) is 2.28. The number of nitrogens with two attached hydrogens (primary N) is 1. The Bertz CT molecular complexity index is 974. The molecule has 134 valence electrons. The molecule has 0 aromatic heterocycles. The summed E-state index contributed by atoms with van der Waals surface area (Å²) in [7, 11) is -3.81. The molecule has 0 aliphatic carbocycles. The summed E-state index contributed by atoms with van der Waals surface area (Å²) < 4.78 is 27.9. The van der Waals surface area contributed by atoms with Crippen molar-refractivity contribution in [3.8, 4) is 11.8 Å². The van der Waals surface area contributed by atoms with Crippen molar-refractivity contribution < 1.29 is 17.9 Å². The van der Waals surface area contributed by atoms with Crippen molar-refractivity contribution in [1.82, 2.24) is 0 Å². The number of para-hydroxylation sites is 1. The van der Waals surface area contributed by atoms with Crippen molar-refractivity contribution in [3.05, 3.63) is 59.7 Å². The first kappa shape index (κ1) is 19.2. The quantitative estimate of drug-likeness (QED) is 0.596. The van der Waals surface area contributed by atoms with Crippen LogP contribution >= 0.6 is 0 Å². The fraction of sp³-hybridized carbons (Fsp3) is 0.111. The minimum absolute atomic E-state index is 0.0720. The number of primary sulfonamides is 1. The first-order valence-electron chi connectivity index (χ1n) is 7.63. The summed E-state index contributed by atoms with van der Waals surface area (Å²) in [5, 5.41) is 16.9. The molecule has 0 radical (unpaired) electrons. The number of carbonyl (C=O) groups excluding carboxylic acids is 1. The lowest BCUT2D eigenvalue weighted by Crippen LogP contribution is -2.14. The molecule has 0 unspecified atom stereocenters. The van der Waals surface area contributed by atoms with Crippen LogP contribution in [0.3, 0.4) is 0 Å². The van der Waals surface area contributed by atoms with Gasteiger partial charge in [0.05, 0.1) is 11.5 Å². The molecule has 0 aliphatic heterocycles. The number of rotatable bonds is 6. The third-order valence-corrected chi connectivity index (χ3v) is 4.25. The molecular weight excluding hydrogens is 354 g/mol. The van der Waals surface area contributed by atoms with Crippen LogP contribution in [0.5, 0.6) is 5.75 Å². The Morgan fingerprint density at radius 1 is 1.23 bits per heavy atom. The summed E-state index contributed by atoms with van der Waals surface area (Å²) in [5.74, 6) is -0.0600. The molecule has 0 heterocycles. The number of carbonyl (C=O) groups is 1. The summed E-state index contributed by atoms with van der Waals surface area (Å²) in [6.45, 7) is 2.29. The van der Waals surface area contributed by atoms with Gasteiger partial charge in [-0.2, -0.15) is 5.26 Å². The molecule has 0 spiro atoms. The number of benzene rings is 2. The number of amides is 1. The van der Waals surface area contributed by atoms with Gasteiger partial charge in [0.1, 0.15) is 17.4 Å². The Hall–Kier alpha value is -3.15. The van der Waals surface area contributed by atoms with Crippen LogP contribution in [0.25, 0.3) is 6.08 Å². The number of hydrogen-bond donors (Lipinski definition) is 2. The zero-order valence-corrected chi connectivity index (χ0v) is 14.8. The monoisotopic (exact) mass is 371 g/mol. The molecule has 2 aromatic carbocycles. The van der Waals surface area contributed by atoms with Crippen LogP contribution in [0, 0.1) is 11.3 Å². The number of hydrogen-bond acceptors (Lipinski definition) is 5. The van der Waals surface area contributed by atoms with Gasteiger partial charge in [-0.25, -0.2) is 13.6 Å². The third-order valence-electron chi connectivity index (χ3n) is 3.32. The van der Waals surface area contributed by atoms with Crippen LogP contribution < -0.4 is 15.2 Å². The van der Waals surface area contributed by atoms with E-state index >= 15 is 0 Å². The largest absolute Gasteiger partial charge is 0.493 e. The van der Waals surface area contributed by atoms with E-state index in [1.807, 2.05) is 13.0 Å². The van der Waals surface area contributed by atoms with E-state index in [4.69, 9.17) is 9.88 Å². The molecule has 0 atom stereocenters. The highest BCUT2D eigenvalue weighted by Crippen LogP contribution is 2.21. The average molecular weight is 371 g/mol. The minimum Gasteiger partial charge on any atom is -0.493 e. The standard InChI is InChI=1S/C18H17N3O4S/c1-2-25-17-6-4-3-5-13(17)11-14(12-19)18(22)21-15-7-9-16(10-8-15)26(20,23)24/h3-11H,2H2,1H3,(H,21,22)(H2,20,23,24). The van der Waals surface area contributed by atoms with E-state index in [-0.39, 0.29) is 10.5 Å². The molecule has 0 aliphatic rings. The first-order valence-corrected chi connectivity index (χ1v) is 9.17. The maximum atomic E-state index is 12.3. The molecule has 3 N–H and O–H groups in total. The highest BCUT2D eigenvalue weighted by Gasteiger charge is 2.12. The average Bonchev–Trinajstić information content (AvgIpc) is 2.60. The van der Waals surface area contributed by atoms with Crippen LogP contribution in [-0.4, -0.2) is 20.9 Å². The van der Waals surface area contributed by atoms with Crippen molar-refractivity contribution >= 4 is 27.7 Å². The topological polar surface area (TPSA) is 122 Å². The third kappa shape index (κ3) is 4.92. The normalized spacial score (nSPS) is 11.5. The van der Waals surface area contributed by atoms with E-state index in [9.17, 15) is 18.5 Å². The van der Waals surface area contributed by atoms with Gasteiger partial charge in [0.2, 0.25) is 10.0 Å². The van der Waals surface area contributed by atoms with Crippen molar-refractivity contribution in [2.75, 3.05) is 11.9 Å². The fourth-order valence-electron chi connectivity index (χ4n) is 2.12. The van der Waals surface area contributed by atoms with E-state index in [1.54, 1.807) is 24.3 Å². The molecule has 8 heteroatoms. The van der Waals surface area contributed by atoms with Gasteiger partial charge in [-0.05, 0) is 43.3 Å². The summed E-state index contributed by atoms with van der Waals surface area (Å²) in [6.07, 6.45) is 1.43. The van der Waals surface area contributed by atoms with Gasteiger partial charge in [-0.1, -0.05) is 18.2 Å². The molecular formula is C18H17N3O4S. The summed E-state index contributed by atoms with van der Waals surface area (Å²) in [5.41, 5.74) is 0.819. The van der Waals surface area contributed by atoms with E-state index < -0.39 is 15.9 Å². The zero-order valence-electron chi connectivity index (χ0n) is 14.0. The second-order valence-electron chi connectivity index (χ2n) is 5.16. The molecule has 7 nitrogen and oxygen atoms in total. The molecule has 1 amide bonds. The Morgan fingerprint density at radius 2 is 1.88 bits per heavy atom. The summed E-state index contributed by atoms with van der Waals surface area (Å²) in [4.78, 5) is 12.2. The molecule has 0 bridgehead atoms. The number of nitrogens with one attached hydrogen (secondary N) is 1. The smallest absolute Gasteiger partial charge is 0.266 e. The maximum Gasteiger partial charge on any atom is 0.266 e. The SMILES string of the molecule is CCOc1ccccc1C=C(C#N)C(=O)Nc1ccc(S(N)(=O)=O)cc1. The summed E-state index contributed by atoms with van der Waals surface area (Å²) >= 11 is 0. The predicted molar refractivity (Wildman–Crippen MR) is 97.6 cm³/mol. The number of anilines is 1. The lowest BCUT2D eigenvalue weighted by atomic mass is 10.1. The second kappa shape index (κ2) is 8.29. The van der Waals surface area contributed by atoms with E-state index in [0.29, 0.717) is 23.6 Å². The minimum atomic E-state index is -3.81. The van der Waals surface area contributed by atoms with Crippen LogP contribution in [-0.2, 0) is 14.8 Å². The number of ether oxygens (including phenoxy) is 1. The highest BCUT2D eigenvalue weighted by atomic mass is 32.2. The van der Waals surface area contributed by atoms with Gasteiger partial charge >= 0.3 is 0 Å². The number of sulfonamides is 1. The van der Waals surface area contributed by atoms with E-state index in [1.165, 1.54) is 30.3 Å². The van der Waals surface area contributed by atoms with Crippen LogP contribution in [0.2, 0.25) is 0 Å². The molecule has 2 rings (SSSR count). The van der Waals surface area contributed by atoms with Gasteiger partial charge in [-0.3, -0.25) is 4.79 Å². The number of nitrogens with zero attached hydrogens (tertiary/aromatic N) is 1. The van der Waals surface area contributed by atoms with Crippen molar-refractivity contribution in [2.45, 2.75) is 11.8 Å². The van der Waals surface area contributed by atoms with Gasteiger partial charge < -0.3 is 10.1 Å². The molecule has 2 aromatic rings. The number of nitriles is 1. The van der Waals surface area contributed by atoms with Crippen molar-refractivity contribution in [2.24, 2.45) is 5.14 Å². The lowest BCUT2D eigenvalue weighted by Gasteiger charge is -2.08. The molecule has 26 heavy (non-hydrogen) atoms. The molecule has 0 saturated carbocycles. The van der Waals surface area contributed by atoms with Crippen LogP contribution in [0.1, 0.15) is 12.5 Å². The first-order chi connectivity index (χ1) is 12.3. The van der Waals surface area contributed by atoms with Gasteiger partial charge in [-0.15, -0.1) is 0 Å². The Morgan fingerprint density at radius 3 is 2.46 bits per heavy atom. The van der Waals surface area contributed by atoms with E-state index in [2.05, 4.69) is 5.32 Å². The second-order valence-corrected chi connectivity index (χ2v) is 6.73. The molecule has 0 fully saturated rings. The van der Waals surface area contributed by atoms with Gasteiger partial charge in [0.25, 0.3) is 5.91 Å².